The number of nitrogens with one attached hydrogen (secondary N) is 1. The van der Waals surface area contributed by atoms with Crippen LogP contribution in [0.15, 0.2) is 29.2 Å². The Labute approximate surface area is 153 Å². The van der Waals surface area contributed by atoms with E-state index in [4.69, 9.17) is 0 Å². The maximum Gasteiger partial charge on any atom is 0.274 e. The van der Waals surface area contributed by atoms with E-state index < -0.39 is 0 Å². The predicted molar refractivity (Wildman–Crippen MR) is 102 cm³/mol. The molecule has 0 radical (unpaired) electrons. The van der Waals surface area contributed by atoms with Gasteiger partial charge in [-0.2, -0.15) is 0 Å². The summed E-state index contributed by atoms with van der Waals surface area (Å²) in [6.45, 7) is 1.59. The Bertz CT molecular complexity index is 831. The summed E-state index contributed by atoms with van der Waals surface area (Å²) in [5.41, 5.74) is 1.36. The molecule has 2 aliphatic rings. The SMILES string of the molecule is O=C(CC1CCCCC1)N1CCC(c2cc3cccnc3c(=O)[nH]2)CC1. The van der Waals surface area contributed by atoms with Gasteiger partial charge in [0, 0.05) is 42.7 Å². The van der Waals surface area contributed by atoms with Gasteiger partial charge in [-0.05, 0) is 43.7 Å². The number of aromatic nitrogens is 2. The maximum absolute atomic E-state index is 12.6. The van der Waals surface area contributed by atoms with Gasteiger partial charge in [0.25, 0.3) is 5.56 Å². The van der Waals surface area contributed by atoms with Crippen LogP contribution in [0.2, 0.25) is 0 Å². The van der Waals surface area contributed by atoms with E-state index in [9.17, 15) is 9.59 Å². The Hall–Kier alpha value is -2.17. The van der Waals surface area contributed by atoms with Gasteiger partial charge in [-0.1, -0.05) is 25.3 Å². The first kappa shape index (κ1) is 17.3. The Balaban J connectivity index is 1.39. The first-order valence-electron chi connectivity index (χ1n) is 9.96. The molecule has 5 heteroatoms. The van der Waals surface area contributed by atoms with Crippen molar-refractivity contribution in [3.8, 4) is 0 Å². The van der Waals surface area contributed by atoms with Gasteiger partial charge in [-0.15, -0.1) is 0 Å². The standard InChI is InChI=1S/C21H27N3O2/c25-19(13-15-5-2-1-3-6-15)24-11-8-16(9-12-24)18-14-17-7-4-10-22-20(17)21(26)23-18/h4,7,10,14-16H,1-3,5-6,8-9,11-13H2,(H,23,26). The third-order valence-corrected chi connectivity index (χ3v) is 6.10. The monoisotopic (exact) mass is 353 g/mol. The number of fused-ring (bicyclic) bond motifs is 1. The molecule has 3 heterocycles. The zero-order valence-electron chi connectivity index (χ0n) is 15.2. The summed E-state index contributed by atoms with van der Waals surface area (Å²) in [5.74, 6) is 1.23. The summed E-state index contributed by atoms with van der Waals surface area (Å²) in [6.07, 6.45) is 10.5. The molecule has 1 saturated carbocycles. The molecular weight excluding hydrogens is 326 g/mol. The lowest BCUT2D eigenvalue weighted by molar-refractivity contribution is -0.133. The highest BCUT2D eigenvalue weighted by molar-refractivity contribution is 5.78. The number of hydrogen-bond donors (Lipinski definition) is 1. The first-order valence-corrected chi connectivity index (χ1v) is 9.96. The van der Waals surface area contributed by atoms with E-state index in [2.05, 4.69) is 9.97 Å². The van der Waals surface area contributed by atoms with Crippen molar-refractivity contribution in [1.29, 1.82) is 0 Å². The van der Waals surface area contributed by atoms with Gasteiger partial charge in [0.15, 0.2) is 0 Å². The second-order valence-electron chi connectivity index (χ2n) is 7.86. The quantitative estimate of drug-likeness (QED) is 0.917. The van der Waals surface area contributed by atoms with Crippen molar-refractivity contribution in [3.05, 3.63) is 40.4 Å². The van der Waals surface area contributed by atoms with Crippen LogP contribution < -0.4 is 5.56 Å². The van der Waals surface area contributed by atoms with Gasteiger partial charge >= 0.3 is 0 Å². The van der Waals surface area contributed by atoms with E-state index in [-0.39, 0.29) is 5.56 Å². The van der Waals surface area contributed by atoms with Crippen molar-refractivity contribution >= 4 is 16.8 Å². The van der Waals surface area contributed by atoms with E-state index in [1.165, 1.54) is 32.1 Å². The number of carbonyl (C=O) groups is 1. The molecule has 4 rings (SSSR count). The van der Waals surface area contributed by atoms with E-state index in [0.717, 1.165) is 43.4 Å². The highest BCUT2D eigenvalue weighted by Gasteiger charge is 2.26. The van der Waals surface area contributed by atoms with Crippen LogP contribution in [0.5, 0.6) is 0 Å². The molecule has 0 atom stereocenters. The fourth-order valence-corrected chi connectivity index (χ4v) is 4.54. The van der Waals surface area contributed by atoms with Crippen LogP contribution in [0.1, 0.15) is 63.0 Å². The molecule has 1 amide bonds. The number of amides is 1. The van der Waals surface area contributed by atoms with Crippen molar-refractivity contribution in [2.45, 2.75) is 57.3 Å². The minimum atomic E-state index is -0.117. The molecule has 1 aliphatic carbocycles. The van der Waals surface area contributed by atoms with E-state index in [1.54, 1.807) is 6.20 Å². The van der Waals surface area contributed by atoms with E-state index in [0.29, 0.717) is 23.3 Å². The van der Waals surface area contributed by atoms with Crippen LogP contribution in [0, 0.1) is 5.92 Å². The van der Waals surface area contributed by atoms with Crippen LogP contribution in [0.25, 0.3) is 10.9 Å². The number of hydrogen-bond acceptors (Lipinski definition) is 3. The summed E-state index contributed by atoms with van der Waals surface area (Å²) in [4.78, 5) is 34.1. The average Bonchev–Trinajstić information content (AvgIpc) is 2.69. The number of rotatable bonds is 3. The number of pyridine rings is 2. The van der Waals surface area contributed by atoms with Crippen molar-refractivity contribution in [1.82, 2.24) is 14.9 Å². The van der Waals surface area contributed by atoms with E-state index in [1.807, 2.05) is 23.1 Å². The Morgan fingerprint density at radius 3 is 2.69 bits per heavy atom. The molecule has 0 spiro atoms. The van der Waals surface area contributed by atoms with Crippen LogP contribution in [-0.2, 0) is 4.79 Å². The number of aromatic amines is 1. The minimum absolute atomic E-state index is 0.117. The Kier molecular flexibility index (Phi) is 5.05. The molecule has 5 nitrogen and oxygen atoms in total. The summed E-state index contributed by atoms with van der Waals surface area (Å²) in [6, 6.07) is 5.84. The highest BCUT2D eigenvalue weighted by Crippen LogP contribution is 2.30. The fourth-order valence-electron chi connectivity index (χ4n) is 4.54. The van der Waals surface area contributed by atoms with Crippen LogP contribution >= 0.6 is 0 Å². The van der Waals surface area contributed by atoms with Gasteiger partial charge in [0.2, 0.25) is 5.91 Å². The molecule has 0 aromatic carbocycles. The van der Waals surface area contributed by atoms with Gasteiger partial charge in [0.05, 0.1) is 0 Å². The molecule has 26 heavy (non-hydrogen) atoms. The third-order valence-electron chi connectivity index (χ3n) is 6.10. The Morgan fingerprint density at radius 2 is 1.92 bits per heavy atom. The second kappa shape index (κ2) is 7.60. The van der Waals surface area contributed by atoms with E-state index >= 15 is 0 Å². The zero-order chi connectivity index (χ0) is 17.9. The smallest absolute Gasteiger partial charge is 0.274 e. The topological polar surface area (TPSA) is 66.1 Å². The maximum atomic E-state index is 12.6. The van der Waals surface area contributed by atoms with Crippen LogP contribution in [0.3, 0.4) is 0 Å². The molecule has 138 valence electrons. The normalized spacial score (nSPS) is 19.8. The van der Waals surface area contributed by atoms with Crippen molar-refractivity contribution in [2.75, 3.05) is 13.1 Å². The van der Waals surface area contributed by atoms with Gasteiger partial charge < -0.3 is 9.88 Å². The molecule has 0 unspecified atom stereocenters. The van der Waals surface area contributed by atoms with Crippen LogP contribution in [-0.4, -0.2) is 33.9 Å². The lowest BCUT2D eigenvalue weighted by Gasteiger charge is -2.33. The lowest BCUT2D eigenvalue weighted by Crippen LogP contribution is -2.39. The summed E-state index contributed by atoms with van der Waals surface area (Å²) >= 11 is 0. The minimum Gasteiger partial charge on any atom is -0.343 e. The number of piperidine rings is 1. The average molecular weight is 353 g/mol. The number of H-pyrrole nitrogens is 1. The predicted octanol–water partition coefficient (Wildman–Crippen LogP) is 3.60. The molecule has 2 aromatic heterocycles. The highest BCUT2D eigenvalue weighted by atomic mass is 16.2. The molecular formula is C21H27N3O2. The molecule has 1 saturated heterocycles. The molecule has 2 fully saturated rings. The summed E-state index contributed by atoms with van der Waals surface area (Å²) in [5, 5.41) is 0.891. The molecule has 1 aliphatic heterocycles. The number of carbonyl (C=O) groups excluding carboxylic acids is 1. The summed E-state index contributed by atoms with van der Waals surface area (Å²) < 4.78 is 0. The van der Waals surface area contributed by atoms with Gasteiger partial charge in [0.1, 0.15) is 5.52 Å². The Morgan fingerprint density at radius 1 is 1.15 bits per heavy atom. The van der Waals surface area contributed by atoms with Crippen LogP contribution in [0.4, 0.5) is 0 Å². The van der Waals surface area contributed by atoms with Gasteiger partial charge in [-0.3, -0.25) is 14.6 Å². The van der Waals surface area contributed by atoms with Crippen molar-refractivity contribution < 1.29 is 4.79 Å². The summed E-state index contributed by atoms with van der Waals surface area (Å²) in [7, 11) is 0. The second-order valence-corrected chi connectivity index (χ2v) is 7.86. The largest absolute Gasteiger partial charge is 0.343 e. The first-order chi connectivity index (χ1) is 12.7. The number of likely N-dealkylation sites (tertiary alicyclic amines) is 1. The molecule has 2 aromatic rings. The number of nitrogens with zero attached hydrogens (tertiary/aromatic N) is 2. The lowest BCUT2D eigenvalue weighted by atomic mass is 9.86. The fraction of sp³-hybridized carbons (Fsp3) is 0.571. The molecule has 1 N–H and O–H groups in total. The van der Waals surface area contributed by atoms with Crippen molar-refractivity contribution in [3.63, 3.8) is 0 Å². The van der Waals surface area contributed by atoms with Gasteiger partial charge in [-0.25, -0.2) is 0 Å². The zero-order valence-corrected chi connectivity index (χ0v) is 15.2. The molecule has 0 bridgehead atoms. The van der Waals surface area contributed by atoms with Crippen molar-refractivity contribution in [2.24, 2.45) is 5.92 Å². The third kappa shape index (κ3) is 3.67.